The molecule has 264 valence electrons. The molecule has 0 radical (unpaired) electrons. The summed E-state index contributed by atoms with van der Waals surface area (Å²) in [5.41, 5.74) is 6.97. The predicted molar refractivity (Wildman–Crippen MR) is 236 cm³/mol. The van der Waals surface area contributed by atoms with Gasteiger partial charge in [-0.15, -0.1) is 0 Å². The average Bonchev–Trinajstić information content (AvgIpc) is 3.67. The van der Waals surface area contributed by atoms with E-state index in [1.165, 1.54) is 21.5 Å². The Morgan fingerprint density at radius 3 is 1.39 bits per heavy atom. The molecule has 12 rings (SSSR count). The minimum Gasteiger partial charge on any atom is -0.456 e. The average molecular weight is 726 g/mol. The molecule has 0 atom stereocenters. The molecule has 0 aliphatic heterocycles. The number of para-hydroxylation sites is 1. The van der Waals surface area contributed by atoms with E-state index >= 15 is 0 Å². The summed E-state index contributed by atoms with van der Waals surface area (Å²) in [4.78, 5) is 15.9. The molecule has 0 N–H and O–H groups in total. The van der Waals surface area contributed by atoms with Gasteiger partial charge in [-0.1, -0.05) is 152 Å². The summed E-state index contributed by atoms with van der Waals surface area (Å²) < 4.78 is 6.22. The number of rotatable bonds is 4. The second kappa shape index (κ2) is 12.4. The number of nitrogens with zero attached hydrogens (tertiary/aromatic N) is 3. The Bertz CT molecular complexity index is 3460. The molecule has 0 aliphatic carbocycles. The highest BCUT2D eigenvalue weighted by Gasteiger charge is 2.19. The van der Waals surface area contributed by atoms with Crippen molar-refractivity contribution in [3.63, 3.8) is 0 Å². The van der Waals surface area contributed by atoms with Gasteiger partial charge in [0, 0.05) is 27.5 Å². The van der Waals surface area contributed by atoms with Crippen LogP contribution in [0, 0.1) is 0 Å². The van der Waals surface area contributed by atoms with E-state index in [1.54, 1.807) is 0 Å². The summed E-state index contributed by atoms with van der Waals surface area (Å²) in [5, 5.41) is 13.8. The highest BCUT2D eigenvalue weighted by atomic mass is 16.3. The summed E-state index contributed by atoms with van der Waals surface area (Å²) in [6, 6.07) is 66.4. The number of benzene rings is 10. The number of aromatic nitrogens is 3. The maximum absolute atomic E-state index is 6.22. The highest BCUT2D eigenvalue weighted by molar-refractivity contribution is 6.15. The van der Waals surface area contributed by atoms with Crippen LogP contribution in [0.25, 0.3) is 121 Å². The molecule has 0 spiro atoms. The molecule has 0 amide bonds. The minimum atomic E-state index is 0.630. The predicted octanol–water partition coefficient (Wildman–Crippen LogP) is 14.2. The lowest BCUT2D eigenvalue weighted by Gasteiger charge is -2.14. The molecule has 57 heavy (non-hydrogen) atoms. The van der Waals surface area contributed by atoms with Crippen molar-refractivity contribution in [3.8, 4) is 45.3 Å². The van der Waals surface area contributed by atoms with Crippen molar-refractivity contribution in [2.75, 3.05) is 0 Å². The smallest absolute Gasteiger partial charge is 0.164 e. The Hall–Kier alpha value is -7.69. The van der Waals surface area contributed by atoms with Gasteiger partial charge >= 0.3 is 0 Å². The first-order valence-corrected chi connectivity index (χ1v) is 19.3. The Balaban J connectivity index is 1.07. The fourth-order valence-corrected chi connectivity index (χ4v) is 8.79. The summed E-state index contributed by atoms with van der Waals surface area (Å²) in [6.45, 7) is 0. The summed E-state index contributed by atoms with van der Waals surface area (Å²) in [5.74, 6) is 1.92. The zero-order chi connectivity index (χ0) is 37.5. The fraction of sp³-hybridized carbons (Fsp3) is 0. The first-order valence-electron chi connectivity index (χ1n) is 19.3. The number of hydrogen-bond acceptors (Lipinski definition) is 4. The zero-order valence-corrected chi connectivity index (χ0v) is 30.6. The van der Waals surface area contributed by atoms with Gasteiger partial charge in [0.15, 0.2) is 17.5 Å². The molecule has 10 aromatic carbocycles. The Labute approximate surface area is 327 Å². The molecule has 0 saturated heterocycles. The largest absolute Gasteiger partial charge is 0.456 e. The van der Waals surface area contributed by atoms with Gasteiger partial charge < -0.3 is 4.42 Å². The molecule has 2 aromatic heterocycles. The van der Waals surface area contributed by atoms with Crippen molar-refractivity contribution >= 4 is 75.8 Å². The molecule has 4 heteroatoms. The molecule has 0 saturated carbocycles. The van der Waals surface area contributed by atoms with E-state index in [4.69, 9.17) is 19.4 Å². The van der Waals surface area contributed by atoms with Crippen LogP contribution >= 0.6 is 0 Å². The van der Waals surface area contributed by atoms with Gasteiger partial charge in [-0.05, 0) is 101 Å². The molecule has 0 fully saturated rings. The van der Waals surface area contributed by atoms with Crippen molar-refractivity contribution in [3.05, 3.63) is 188 Å². The summed E-state index contributed by atoms with van der Waals surface area (Å²) >= 11 is 0. The normalized spacial score (nSPS) is 11.9. The zero-order valence-electron chi connectivity index (χ0n) is 30.6. The molecule has 12 aromatic rings. The Morgan fingerprint density at radius 1 is 0.281 bits per heavy atom. The van der Waals surface area contributed by atoms with E-state index in [9.17, 15) is 0 Å². The van der Waals surface area contributed by atoms with Gasteiger partial charge in [-0.3, -0.25) is 0 Å². The van der Waals surface area contributed by atoms with Crippen LogP contribution in [0.3, 0.4) is 0 Å². The monoisotopic (exact) mass is 725 g/mol. The van der Waals surface area contributed by atoms with Crippen molar-refractivity contribution in [2.24, 2.45) is 0 Å². The van der Waals surface area contributed by atoms with E-state index in [0.717, 1.165) is 82.1 Å². The highest BCUT2D eigenvalue weighted by Crippen LogP contribution is 2.40. The molecule has 0 bridgehead atoms. The SMILES string of the molecule is c1ccc2c(c1)cc(-c1nc(-c3ccc4cc(-c5cccc6oc7ccccc7c56)ccc4c3)nc(-c3cc4ccccc4c4ccccc34)n1)c1ccccc12. The number of fused-ring (bicyclic) bond motifs is 10. The number of hydrogen-bond donors (Lipinski definition) is 0. The van der Waals surface area contributed by atoms with Crippen LogP contribution in [0.2, 0.25) is 0 Å². The second-order valence-electron chi connectivity index (χ2n) is 14.7. The van der Waals surface area contributed by atoms with Gasteiger partial charge in [0.1, 0.15) is 11.2 Å². The third kappa shape index (κ3) is 5.04. The topological polar surface area (TPSA) is 51.8 Å². The summed E-state index contributed by atoms with van der Waals surface area (Å²) in [6.07, 6.45) is 0. The van der Waals surface area contributed by atoms with E-state index in [1.807, 2.05) is 18.2 Å². The van der Waals surface area contributed by atoms with Crippen molar-refractivity contribution < 1.29 is 4.42 Å². The van der Waals surface area contributed by atoms with Crippen LogP contribution in [-0.2, 0) is 0 Å². The van der Waals surface area contributed by atoms with Gasteiger partial charge in [0.25, 0.3) is 0 Å². The van der Waals surface area contributed by atoms with Crippen LogP contribution < -0.4 is 0 Å². The summed E-state index contributed by atoms with van der Waals surface area (Å²) in [7, 11) is 0. The third-order valence-electron chi connectivity index (χ3n) is 11.5. The minimum absolute atomic E-state index is 0.630. The Morgan fingerprint density at radius 2 is 0.754 bits per heavy atom. The van der Waals surface area contributed by atoms with E-state index in [-0.39, 0.29) is 0 Å². The quantitative estimate of drug-likeness (QED) is 0.170. The van der Waals surface area contributed by atoms with Gasteiger partial charge in [0.05, 0.1) is 0 Å². The van der Waals surface area contributed by atoms with Crippen LogP contribution in [-0.4, -0.2) is 15.0 Å². The van der Waals surface area contributed by atoms with E-state index in [0.29, 0.717) is 17.5 Å². The standard InChI is InChI=1S/C53H31N3O/c1-3-14-38-34(12-1)30-46(43-18-7-5-16-41(38)43)52-54-51(55-53(56-52)47-31-35-13-2-4-15-39(35)42-17-6-8-19-44(42)47)37-27-25-32-28-36(26-24-33(32)29-37)40-21-11-23-49-50(40)45-20-9-10-22-48(45)57-49/h1-31H. The second-order valence-corrected chi connectivity index (χ2v) is 14.7. The fourth-order valence-electron chi connectivity index (χ4n) is 8.79. The maximum Gasteiger partial charge on any atom is 0.164 e. The van der Waals surface area contributed by atoms with Gasteiger partial charge in [-0.25, -0.2) is 15.0 Å². The maximum atomic E-state index is 6.22. The van der Waals surface area contributed by atoms with Crippen LogP contribution in [0.5, 0.6) is 0 Å². The lowest BCUT2D eigenvalue weighted by atomic mass is 9.95. The lowest BCUT2D eigenvalue weighted by molar-refractivity contribution is 0.669. The van der Waals surface area contributed by atoms with Gasteiger partial charge in [-0.2, -0.15) is 0 Å². The lowest BCUT2D eigenvalue weighted by Crippen LogP contribution is -2.01. The first-order chi connectivity index (χ1) is 28.2. The molecular weight excluding hydrogens is 695 g/mol. The van der Waals surface area contributed by atoms with Crippen molar-refractivity contribution in [1.82, 2.24) is 15.0 Å². The van der Waals surface area contributed by atoms with Crippen molar-refractivity contribution in [2.45, 2.75) is 0 Å². The molecule has 0 unspecified atom stereocenters. The molecular formula is C53H31N3O. The van der Waals surface area contributed by atoms with E-state index in [2.05, 4.69) is 170 Å². The molecule has 2 heterocycles. The van der Waals surface area contributed by atoms with Gasteiger partial charge in [0.2, 0.25) is 0 Å². The molecule has 4 nitrogen and oxygen atoms in total. The third-order valence-corrected chi connectivity index (χ3v) is 11.5. The molecule has 0 aliphatic rings. The van der Waals surface area contributed by atoms with Crippen LogP contribution in [0.15, 0.2) is 192 Å². The van der Waals surface area contributed by atoms with Crippen LogP contribution in [0.1, 0.15) is 0 Å². The number of furan rings is 1. The Kier molecular flexibility index (Phi) is 6.89. The van der Waals surface area contributed by atoms with Crippen LogP contribution in [0.4, 0.5) is 0 Å². The van der Waals surface area contributed by atoms with E-state index < -0.39 is 0 Å². The van der Waals surface area contributed by atoms with Crippen molar-refractivity contribution in [1.29, 1.82) is 0 Å². The first kappa shape index (κ1) is 31.6.